The SMILES string of the molecule is COc1ccc(-c2cc(C(=O)N3CCNCC3C)nn2-c2ccccc2)cc1.Cl. The molecular formula is C22H25ClN4O2. The largest absolute Gasteiger partial charge is 0.497 e. The molecule has 0 saturated carbocycles. The lowest BCUT2D eigenvalue weighted by Crippen LogP contribution is -2.52. The maximum atomic E-state index is 13.1. The van der Waals surface area contributed by atoms with E-state index in [-0.39, 0.29) is 24.4 Å². The van der Waals surface area contributed by atoms with Crippen molar-refractivity contribution in [3.8, 4) is 22.7 Å². The number of halogens is 1. The van der Waals surface area contributed by atoms with Gasteiger partial charge in [-0.25, -0.2) is 4.68 Å². The molecule has 1 unspecified atom stereocenters. The van der Waals surface area contributed by atoms with E-state index in [9.17, 15) is 4.79 Å². The number of piperazine rings is 1. The summed E-state index contributed by atoms with van der Waals surface area (Å²) in [7, 11) is 1.65. The van der Waals surface area contributed by atoms with Crippen LogP contribution in [0.2, 0.25) is 0 Å². The monoisotopic (exact) mass is 412 g/mol. The number of hydrogen-bond donors (Lipinski definition) is 1. The fourth-order valence-electron chi connectivity index (χ4n) is 3.51. The fraction of sp³-hybridized carbons (Fsp3) is 0.273. The summed E-state index contributed by atoms with van der Waals surface area (Å²) in [6, 6.07) is 19.7. The van der Waals surface area contributed by atoms with Crippen LogP contribution in [-0.2, 0) is 0 Å². The van der Waals surface area contributed by atoms with Gasteiger partial charge >= 0.3 is 0 Å². The molecule has 1 aliphatic rings. The van der Waals surface area contributed by atoms with Gasteiger partial charge in [0.15, 0.2) is 5.69 Å². The molecule has 1 aromatic heterocycles. The summed E-state index contributed by atoms with van der Waals surface area (Å²) in [5, 5.41) is 8.00. The molecule has 3 aromatic rings. The van der Waals surface area contributed by atoms with Crippen LogP contribution in [0.25, 0.3) is 16.9 Å². The number of nitrogens with zero attached hydrogens (tertiary/aromatic N) is 3. The average Bonchev–Trinajstić information content (AvgIpc) is 3.20. The van der Waals surface area contributed by atoms with Gasteiger partial charge in [-0.1, -0.05) is 18.2 Å². The van der Waals surface area contributed by atoms with Gasteiger partial charge in [0.2, 0.25) is 0 Å². The van der Waals surface area contributed by atoms with Crippen molar-refractivity contribution < 1.29 is 9.53 Å². The quantitative estimate of drug-likeness (QED) is 0.713. The van der Waals surface area contributed by atoms with Gasteiger partial charge in [-0.2, -0.15) is 5.10 Å². The summed E-state index contributed by atoms with van der Waals surface area (Å²) < 4.78 is 7.10. The normalized spacial score (nSPS) is 16.2. The Labute approximate surface area is 176 Å². The molecular weight excluding hydrogens is 388 g/mol. The van der Waals surface area contributed by atoms with Crippen LogP contribution in [0, 0.1) is 0 Å². The van der Waals surface area contributed by atoms with Gasteiger partial charge in [0.05, 0.1) is 18.5 Å². The summed E-state index contributed by atoms with van der Waals surface area (Å²) in [5.74, 6) is 0.763. The zero-order valence-corrected chi connectivity index (χ0v) is 17.4. The number of carbonyl (C=O) groups excluding carboxylic acids is 1. The minimum Gasteiger partial charge on any atom is -0.497 e. The van der Waals surface area contributed by atoms with Crippen LogP contribution in [0.3, 0.4) is 0 Å². The molecule has 1 amide bonds. The Morgan fingerprint density at radius 2 is 1.86 bits per heavy atom. The molecule has 1 N–H and O–H groups in total. The van der Waals surface area contributed by atoms with Crippen molar-refractivity contribution in [2.75, 3.05) is 26.7 Å². The summed E-state index contributed by atoms with van der Waals surface area (Å²) >= 11 is 0. The first kappa shape index (κ1) is 20.9. The lowest BCUT2D eigenvalue weighted by Gasteiger charge is -2.33. The van der Waals surface area contributed by atoms with Crippen LogP contribution in [-0.4, -0.2) is 53.4 Å². The third-order valence-corrected chi connectivity index (χ3v) is 5.08. The molecule has 1 fully saturated rings. The average molecular weight is 413 g/mol. The van der Waals surface area contributed by atoms with Gasteiger partial charge < -0.3 is 15.0 Å². The molecule has 0 radical (unpaired) electrons. The summed E-state index contributed by atoms with van der Waals surface area (Å²) in [6.07, 6.45) is 0. The zero-order valence-electron chi connectivity index (χ0n) is 16.5. The van der Waals surface area contributed by atoms with Crippen LogP contribution in [0.1, 0.15) is 17.4 Å². The topological polar surface area (TPSA) is 59.4 Å². The summed E-state index contributed by atoms with van der Waals surface area (Å²) in [6.45, 7) is 4.36. The molecule has 0 spiro atoms. The number of rotatable bonds is 4. The van der Waals surface area contributed by atoms with Crippen molar-refractivity contribution >= 4 is 18.3 Å². The van der Waals surface area contributed by atoms with Gasteiger partial charge in [-0.3, -0.25) is 4.79 Å². The van der Waals surface area contributed by atoms with Crippen molar-refractivity contribution in [2.24, 2.45) is 0 Å². The fourth-order valence-corrected chi connectivity index (χ4v) is 3.51. The van der Waals surface area contributed by atoms with Crippen molar-refractivity contribution in [3.05, 3.63) is 66.4 Å². The highest BCUT2D eigenvalue weighted by atomic mass is 35.5. The number of carbonyl (C=O) groups is 1. The van der Waals surface area contributed by atoms with Crippen molar-refractivity contribution in [2.45, 2.75) is 13.0 Å². The van der Waals surface area contributed by atoms with Gasteiger partial charge in [0, 0.05) is 31.2 Å². The number of hydrogen-bond acceptors (Lipinski definition) is 4. The van der Waals surface area contributed by atoms with Crippen LogP contribution in [0.15, 0.2) is 60.7 Å². The van der Waals surface area contributed by atoms with Gasteiger partial charge in [0.1, 0.15) is 5.75 Å². The number of para-hydroxylation sites is 1. The van der Waals surface area contributed by atoms with Gasteiger partial charge in [-0.15, -0.1) is 12.4 Å². The second-order valence-corrected chi connectivity index (χ2v) is 6.94. The molecule has 0 aliphatic carbocycles. The molecule has 4 rings (SSSR count). The molecule has 152 valence electrons. The number of methoxy groups -OCH3 is 1. The van der Waals surface area contributed by atoms with E-state index in [2.05, 4.69) is 17.3 Å². The van der Waals surface area contributed by atoms with E-state index in [0.717, 1.165) is 35.8 Å². The van der Waals surface area contributed by atoms with Crippen LogP contribution in [0.4, 0.5) is 0 Å². The first-order valence-electron chi connectivity index (χ1n) is 9.49. The van der Waals surface area contributed by atoms with Gasteiger partial charge in [-0.05, 0) is 49.4 Å². The Morgan fingerprint density at radius 3 is 2.52 bits per heavy atom. The molecule has 2 heterocycles. The highest BCUT2D eigenvalue weighted by Crippen LogP contribution is 2.27. The Hall–Kier alpha value is -2.83. The van der Waals surface area contributed by atoms with Gasteiger partial charge in [0.25, 0.3) is 5.91 Å². The Kier molecular flexibility index (Phi) is 6.56. The smallest absolute Gasteiger partial charge is 0.274 e. The van der Waals surface area contributed by atoms with E-state index in [0.29, 0.717) is 12.2 Å². The minimum atomic E-state index is -0.0292. The van der Waals surface area contributed by atoms with Crippen molar-refractivity contribution in [1.29, 1.82) is 0 Å². The van der Waals surface area contributed by atoms with E-state index in [1.807, 2.05) is 70.2 Å². The maximum absolute atomic E-state index is 13.1. The molecule has 1 atom stereocenters. The third-order valence-electron chi connectivity index (χ3n) is 5.08. The molecule has 6 nitrogen and oxygen atoms in total. The third kappa shape index (κ3) is 4.28. The van der Waals surface area contributed by atoms with Crippen LogP contribution >= 0.6 is 12.4 Å². The maximum Gasteiger partial charge on any atom is 0.274 e. The predicted octanol–water partition coefficient (Wildman–Crippen LogP) is 3.40. The van der Waals surface area contributed by atoms with Crippen LogP contribution in [0.5, 0.6) is 5.75 Å². The Bertz CT molecular complexity index is 957. The number of nitrogens with one attached hydrogen (secondary N) is 1. The summed E-state index contributed by atoms with van der Waals surface area (Å²) in [5.41, 5.74) is 3.23. The van der Waals surface area contributed by atoms with E-state index in [4.69, 9.17) is 4.74 Å². The lowest BCUT2D eigenvalue weighted by atomic mass is 10.1. The van der Waals surface area contributed by atoms with E-state index in [1.54, 1.807) is 7.11 Å². The highest BCUT2D eigenvalue weighted by molar-refractivity contribution is 5.94. The number of ether oxygens (including phenoxy) is 1. The lowest BCUT2D eigenvalue weighted by molar-refractivity contribution is 0.0649. The molecule has 1 saturated heterocycles. The molecule has 29 heavy (non-hydrogen) atoms. The first-order chi connectivity index (χ1) is 13.7. The van der Waals surface area contributed by atoms with Crippen LogP contribution < -0.4 is 10.1 Å². The standard InChI is InChI=1S/C22H24N4O2.ClH/c1-16-15-23-12-13-25(16)22(27)20-14-21(17-8-10-19(28-2)11-9-17)26(24-20)18-6-4-3-5-7-18;/h3-11,14,16,23H,12-13,15H2,1-2H3;1H. The molecule has 0 bridgehead atoms. The number of aromatic nitrogens is 2. The highest BCUT2D eigenvalue weighted by Gasteiger charge is 2.27. The Morgan fingerprint density at radius 1 is 1.14 bits per heavy atom. The summed E-state index contributed by atoms with van der Waals surface area (Å²) in [4.78, 5) is 15.0. The molecule has 2 aromatic carbocycles. The van der Waals surface area contributed by atoms with E-state index in [1.165, 1.54) is 0 Å². The number of amides is 1. The molecule has 1 aliphatic heterocycles. The first-order valence-corrected chi connectivity index (χ1v) is 9.49. The van der Waals surface area contributed by atoms with E-state index >= 15 is 0 Å². The molecule has 7 heteroatoms. The minimum absolute atomic E-state index is 0. The predicted molar refractivity (Wildman–Crippen MR) is 116 cm³/mol. The second-order valence-electron chi connectivity index (χ2n) is 6.94. The van der Waals surface area contributed by atoms with Crippen molar-refractivity contribution in [3.63, 3.8) is 0 Å². The van der Waals surface area contributed by atoms with Crippen molar-refractivity contribution in [1.82, 2.24) is 20.0 Å². The Balaban J connectivity index is 0.00000240. The van der Waals surface area contributed by atoms with E-state index < -0.39 is 0 Å². The number of benzene rings is 2. The zero-order chi connectivity index (χ0) is 19.5. The second kappa shape index (κ2) is 9.11.